The van der Waals surface area contributed by atoms with Gasteiger partial charge in [0.25, 0.3) is 5.56 Å². The summed E-state index contributed by atoms with van der Waals surface area (Å²) in [4.78, 5) is 37.6. The van der Waals surface area contributed by atoms with Crippen LogP contribution in [-0.2, 0) is 13.5 Å². The Morgan fingerprint density at radius 2 is 1.84 bits per heavy atom. The summed E-state index contributed by atoms with van der Waals surface area (Å²) in [7, 11) is 1.48. The van der Waals surface area contributed by atoms with Gasteiger partial charge in [0.05, 0.1) is 0 Å². The molecular formula is C23H25FN4O4. The van der Waals surface area contributed by atoms with Gasteiger partial charge in [0, 0.05) is 31.4 Å². The molecule has 0 saturated heterocycles. The van der Waals surface area contributed by atoms with Crippen molar-refractivity contribution in [2.45, 2.75) is 44.6 Å². The summed E-state index contributed by atoms with van der Waals surface area (Å²) < 4.78 is 14.9. The van der Waals surface area contributed by atoms with E-state index in [0.29, 0.717) is 30.4 Å². The van der Waals surface area contributed by atoms with Crippen molar-refractivity contribution in [1.29, 1.82) is 5.26 Å². The number of carboxylic acid groups (broad SMARTS) is 1. The first-order valence-corrected chi connectivity index (χ1v) is 10.5. The van der Waals surface area contributed by atoms with E-state index in [1.165, 1.54) is 17.7 Å². The molecule has 1 aliphatic carbocycles. The number of amides is 3. The molecule has 32 heavy (non-hydrogen) atoms. The van der Waals surface area contributed by atoms with Crippen LogP contribution < -0.4 is 5.56 Å². The predicted molar refractivity (Wildman–Crippen MR) is 115 cm³/mol. The number of carbonyl (C=O) groups excluding carboxylic acids is 1. The van der Waals surface area contributed by atoms with Crippen LogP contribution in [0.3, 0.4) is 0 Å². The molecule has 3 amide bonds. The van der Waals surface area contributed by atoms with Crippen LogP contribution in [0.5, 0.6) is 0 Å². The third kappa shape index (κ3) is 5.14. The topological polar surface area (TPSA) is 107 Å². The average Bonchev–Trinajstić information content (AvgIpc) is 2.78. The number of aryl methyl sites for hydroxylation is 1. The van der Waals surface area contributed by atoms with Gasteiger partial charge in [-0.2, -0.15) is 5.26 Å². The fourth-order valence-electron chi connectivity index (χ4n) is 3.99. The minimum absolute atomic E-state index is 0.0413. The van der Waals surface area contributed by atoms with E-state index in [0.717, 1.165) is 34.6 Å². The number of imide groups is 1. The highest BCUT2D eigenvalue weighted by Crippen LogP contribution is 2.24. The third-order valence-corrected chi connectivity index (χ3v) is 5.75. The second kappa shape index (κ2) is 10.1. The van der Waals surface area contributed by atoms with E-state index in [-0.39, 0.29) is 6.54 Å². The largest absolute Gasteiger partial charge is 0.465 e. The van der Waals surface area contributed by atoms with Gasteiger partial charge in [-0.05, 0) is 36.5 Å². The Kier molecular flexibility index (Phi) is 7.25. The van der Waals surface area contributed by atoms with Gasteiger partial charge in [0.2, 0.25) is 0 Å². The summed E-state index contributed by atoms with van der Waals surface area (Å²) in [5, 5.41) is 19.0. The van der Waals surface area contributed by atoms with Crippen molar-refractivity contribution >= 4 is 12.1 Å². The van der Waals surface area contributed by atoms with E-state index in [1.54, 1.807) is 36.7 Å². The maximum atomic E-state index is 13.7. The first-order valence-electron chi connectivity index (χ1n) is 10.5. The molecule has 9 heteroatoms. The fraction of sp³-hybridized carbons (Fsp3) is 0.391. The Balaban J connectivity index is 1.68. The number of pyridine rings is 1. The smallest absolute Gasteiger partial charge is 0.415 e. The average molecular weight is 440 g/mol. The molecule has 2 aromatic rings. The maximum absolute atomic E-state index is 13.7. The molecule has 0 spiro atoms. The minimum atomic E-state index is -1.34. The van der Waals surface area contributed by atoms with Gasteiger partial charge in [0.1, 0.15) is 0 Å². The first kappa shape index (κ1) is 23.0. The number of carbonyl (C=O) groups is 2. The lowest BCUT2D eigenvalue weighted by molar-refractivity contribution is 0.110. The fourth-order valence-corrected chi connectivity index (χ4v) is 3.99. The highest BCUT2D eigenvalue weighted by atomic mass is 19.1. The van der Waals surface area contributed by atoms with Crippen molar-refractivity contribution in [3.8, 4) is 17.3 Å². The summed E-state index contributed by atoms with van der Waals surface area (Å²) in [5.41, 5.74) is 1.39. The van der Waals surface area contributed by atoms with Crippen molar-refractivity contribution in [3.63, 3.8) is 0 Å². The molecule has 3 rings (SSSR count). The van der Waals surface area contributed by atoms with E-state index in [1.807, 2.05) is 0 Å². The Labute approximate surface area is 185 Å². The monoisotopic (exact) mass is 440 g/mol. The molecule has 1 heterocycles. The number of nitrogens with zero attached hydrogens (tertiary/aromatic N) is 4. The summed E-state index contributed by atoms with van der Waals surface area (Å²) >= 11 is 0. The van der Waals surface area contributed by atoms with Gasteiger partial charge in [-0.25, -0.2) is 23.8 Å². The molecule has 0 unspecified atom stereocenters. The molecule has 0 atom stereocenters. The van der Waals surface area contributed by atoms with Gasteiger partial charge >= 0.3 is 12.1 Å². The van der Waals surface area contributed by atoms with Crippen molar-refractivity contribution in [2.24, 2.45) is 7.05 Å². The second-order valence-corrected chi connectivity index (χ2v) is 7.92. The highest BCUT2D eigenvalue weighted by molar-refractivity contribution is 5.91. The zero-order valence-corrected chi connectivity index (χ0v) is 17.8. The Morgan fingerprint density at radius 3 is 2.41 bits per heavy atom. The van der Waals surface area contributed by atoms with Crippen LogP contribution in [0.2, 0.25) is 0 Å². The van der Waals surface area contributed by atoms with Crippen molar-refractivity contribution in [3.05, 3.63) is 58.3 Å². The number of nitriles is 1. The zero-order valence-electron chi connectivity index (χ0n) is 17.8. The number of benzene rings is 1. The Bertz CT molecular complexity index is 1060. The predicted octanol–water partition coefficient (Wildman–Crippen LogP) is 3.95. The number of hydrogen-bond donors (Lipinski definition) is 1. The lowest BCUT2D eigenvalue weighted by atomic mass is 9.94. The molecule has 1 fully saturated rings. The normalized spacial score (nSPS) is 13.9. The van der Waals surface area contributed by atoms with Crippen molar-refractivity contribution in [2.75, 3.05) is 6.54 Å². The third-order valence-electron chi connectivity index (χ3n) is 5.75. The number of hydrogen-bond acceptors (Lipinski definition) is 4. The quantitative estimate of drug-likeness (QED) is 0.560. The molecule has 1 saturated carbocycles. The molecule has 168 valence electrons. The molecular weight excluding hydrogens is 415 g/mol. The van der Waals surface area contributed by atoms with E-state index >= 15 is 0 Å². The van der Waals surface area contributed by atoms with Gasteiger partial charge in [-0.3, -0.25) is 4.79 Å². The van der Waals surface area contributed by atoms with Crippen LogP contribution in [0.15, 0.2) is 41.3 Å². The van der Waals surface area contributed by atoms with Crippen molar-refractivity contribution < 1.29 is 19.1 Å². The Morgan fingerprint density at radius 1 is 1.19 bits per heavy atom. The molecule has 1 N–H and O–H groups in total. The zero-order chi connectivity index (χ0) is 23.3. The minimum Gasteiger partial charge on any atom is -0.465 e. The number of rotatable bonds is 5. The van der Waals surface area contributed by atoms with Gasteiger partial charge in [0.15, 0.2) is 12.0 Å². The standard InChI is InChI=1S/C23H25FN4O4/c1-26-14-18(13-20(24)21(26)29)17-9-7-16(8-10-17)11-12-27(15-25)22(30)28(23(31)32)19-5-3-2-4-6-19/h7-10,13-14,19H,2-6,11-12H2,1H3,(H,31,32). The molecule has 1 aliphatic rings. The maximum Gasteiger partial charge on any atom is 0.415 e. The molecule has 0 radical (unpaired) electrons. The molecule has 8 nitrogen and oxygen atoms in total. The van der Waals surface area contributed by atoms with Crippen LogP contribution in [0.25, 0.3) is 11.1 Å². The van der Waals surface area contributed by atoms with E-state index < -0.39 is 29.5 Å². The van der Waals surface area contributed by atoms with Gasteiger partial charge < -0.3 is 9.67 Å². The first-order chi connectivity index (χ1) is 15.3. The van der Waals surface area contributed by atoms with Crippen LogP contribution in [0, 0.1) is 17.3 Å². The van der Waals surface area contributed by atoms with E-state index in [9.17, 15) is 29.1 Å². The summed E-state index contributed by atoms with van der Waals surface area (Å²) in [6.45, 7) is 0.0413. The van der Waals surface area contributed by atoms with Crippen LogP contribution in [0.4, 0.5) is 14.0 Å². The lowest BCUT2D eigenvalue weighted by Crippen LogP contribution is -2.50. The van der Waals surface area contributed by atoms with E-state index in [4.69, 9.17) is 0 Å². The molecule has 1 aromatic carbocycles. The molecule has 1 aromatic heterocycles. The number of aromatic nitrogens is 1. The van der Waals surface area contributed by atoms with Gasteiger partial charge in [-0.1, -0.05) is 43.5 Å². The molecule has 0 bridgehead atoms. The summed E-state index contributed by atoms with van der Waals surface area (Å²) in [6, 6.07) is 7.06. The Hall–Kier alpha value is -3.67. The van der Waals surface area contributed by atoms with Crippen LogP contribution >= 0.6 is 0 Å². The van der Waals surface area contributed by atoms with Crippen molar-refractivity contribution in [1.82, 2.24) is 14.4 Å². The SMILES string of the molecule is Cn1cc(-c2ccc(CCN(C#N)C(=O)N(C(=O)O)C3CCCCC3)cc2)cc(F)c1=O. The molecule has 0 aliphatic heterocycles. The second-order valence-electron chi connectivity index (χ2n) is 7.92. The van der Waals surface area contributed by atoms with Crippen LogP contribution in [0.1, 0.15) is 37.7 Å². The lowest BCUT2D eigenvalue weighted by Gasteiger charge is -2.32. The summed E-state index contributed by atoms with van der Waals surface area (Å²) in [5.74, 6) is -0.835. The number of halogens is 1. The highest BCUT2D eigenvalue weighted by Gasteiger charge is 2.33. The number of urea groups is 1. The van der Waals surface area contributed by atoms with Crippen LogP contribution in [-0.4, -0.2) is 44.2 Å². The summed E-state index contributed by atoms with van der Waals surface area (Å²) in [6.07, 6.45) is 6.33. The van der Waals surface area contributed by atoms with E-state index in [2.05, 4.69) is 0 Å². The van der Waals surface area contributed by atoms with Gasteiger partial charge in [-0.15, -0.1) is 0 Å².